The minimum atomic E-state index is 0.450. The summed E-state index contributed by atoms with van der Waals surface area (Å²) in [6.07, 6.45) is 1.55. The summed E-state index contributed by atoms with van der Waals surface area (Å²) in [4.78, 5) is 3.94. The van der Waals surface area contributed by atoms with E-state index in [0.717, 1.165) is 5.57 Å². The van der Waals surface area contributed by atoms with Crippen LogP contribution in [-0.2, 0) is 0 Å². The summed E-state index contributed by atoms with van der Waals surface area (Å²) in [5.41, 5.74) is 0.802. The Morgan fingerprint density at radius 1 is 1.82 bits per heavy atom. The molecule has 1 aromatic heterocycles. The lowest BCUT2D eigenvalue weighted by Crippen LogP contribution is -1.88. The highest BCUT2D eigenvalue weighted by Crippen LogP contribution is 2.17. The van der Waals surface area contributed by atoms with Gasteiger partial charge in [-0.1, -0.05) is 6.58 Å². The molecule has 0 unspecified atom stereocenters. The normalized spacial score (nSPS) is 9.64. The average Bonchev–Trinajstić information content (AvgIpc) is 2.37. The molecule has 0 aliphatic rings. The molecule has 3 heteroatoms. The van der Waals surface area contributed by atoms with Gasteiger partial charge in [-0.3, -0.25) is 0 Å². The Morgan fingerprint density at radius 2 is 2.55 bits per heavy atom. The van der Waals surface area contributed by atoms with E-state index in [0.29, 0.717) is 18.4 Å². The summed E-state index contributed by atoms with van der Waals surface area (Å²) in [7, 11) is 0. The fourth-order valence-corrected chi connectivity index (χ4v) is 0.666. The predicted molar refractivity (Wildman–Crippen MR) is 42.4 cm³/mol. The summed E-state index contributed by atoms with van der Waals surface area (Å²) in [5, 5.41) is 0. The zero-order chi connectivity index (χ0) is 8.27. The second-order valence-corrected chi connectivity index (χ2v) is 2.20. The fraction of sp³-hybridized carbons (Fsp3) is 0.375. The first-order valence-electron chi connectivity index (χ1n) is 3.48. The number of rotatable bonds is 3. The van der Waals surface area contributed by atoms with Crippen molar-refractivity contribution in [1.29, 1.82) is 0 Å². The van der Waals surface area contributed by atoms with Gasteiger partial charge < -0.3 is 9.15 Å². The largest absolute Gasteiger partial charge is 0.464 e. The van der Waals surface area contributed by atoms with E-state index in [-0.39, 0.29) is 0 Å². The molecule has 1 heterocycles. The summed E-state index contributed by atoms with van der Waals surface area (Å²) >= 11 is 0. The van der Waals surface area contributed by atoms with Gasteiger partial charge in [0.25, 0.3) is 0 Å². The lowest BCUT2D eigenvalue weighted by molar-refractivity contribution is 0.255. The minimum Gasteiger partial charge on any atom is -0.464 e. The lowest BCUT2D eigenvalue weighted by Gasteiger charge is -1.93. The van der Waals surface area contributed by atoms with Gasteiger partial charge in [-0.2, -0.15) is 0 Å². The van der Waals surface area contributed by atoms with Crippen LogP contribution in [0, 0.1) is 0 Å². The van der Waals surface area contributed by atoms with Crippen LogP contribution in [0.15, 0.2) is 17.2 Å². The Morgan fingerprint density at radius 3 is 3.00 bits per heavy atom. The van der Waals surface area contributed by atoms with E-state index in [4.69, 9.17) is 9.15 Å². The van der Waals surface area contributed by atoms with Gasteiger partial charge in [-0.25, -0.2) is 4.98 Å². The first kappa shape index (κ1) is 7.85. The Kier molecular flexibility index (Phi) is 2.31. The molecular weight excluding hydrogens is 142 g/mol. The summed E-state index contributed by atoms with van der Waals surface area (Å²) in [6, 6.07) is 0. The van der Waals surface area contributed by atoms with Crippen molar-refractivity contribution in [2.45, 2.75) is 13.8 Å². The van der Waals surface area contributed by atoms with E-state index < -0.39 is 0 Å². The quantitative estimate of drug-likeness (QED) is 0.667. The van der Waals surface area contributed by atoms with Gasteiger partial charge in [-0.05, 0) is 13.8 Å². The number of allylic oxidation sites excluding steroid dienone is 1. The topological polar surface area (TPSA) is 35.3 Å². The average molecular weight is 153 g/mol. The Balaban J connectivity index is 2.73. The van der Waals surface area contributed by atoms with Gasteiger partial charge in [0.05, 0.1) is 6.61 Å². The van der Waals surface area contributed by atoms with Crippen molar-refractivity contribution in [2.24, 2.45) is 0 Å². The third-order valence-electron chi connectivity index (χ3n) is 1.14. The van der Waals surface area contributed by atoms with Gasteiger partial charge >= 0.3 is 5.95 Å². The third-order valence-corrected chi connectivity index (χ3v) is 1.14. The molecule has 0 bridgehead atoms. The van der Waals surface area contributed by atoms with Gasteiger partial charge in [-0.15, -0.1) is 0 Å². The molecule has 0 saturated heterocycles. The molecule has 11 heavy (non-hydrogen) atoms. The molecule has 0 aliphatic carbocycles. The molecule has 1 aromatic rings. The lowest BCUT2D eigenvalue weighted by atomic mass is 10.4. The van der Waals surface area contributed by atoms with E-state index in [1.165, 1.54) is 0 Å². The number of nitrogens with zero attached hydrogens (tertiary/aromatic N) is 1. The van der Waals surface area contributed by atoms with E-state index >= 15 is 0 Å². The van der Waals surface area contributed by atoms with E-state index in [2.05, 4.69) is 11.6 Å². The van der Waals surface area contributed by atoms with Crippen molar-refractivity contribution >= 4 is 5.57 Å². The molecular formula is C8H11NO2. The molecule has 60 valence electrons. The highest BCUT2D eigenvalue weighted by Gasteiger charge is 2.02. The number of oxazole rings is 1. The zero-order valence-corrected chi connectivity index (χ0v) is 6.76. The van der Waals surface area contributed by atoms with Crippen LogP contribution in [0.25, 0.3) is 5.57 Å². The van der Waals surface area contributed by atoms with Gasteiger partial charge in [0, 0.05) is 5.57 Å². The van der Waals surface area contributed by atoms with Crippen molar-refractivity contribution in [3.8, 4) is 5.95 Å². The van der Waals surface area contributed by atoms with Crippen LogP contribution < -0.4 is 4.74 Å². The Bertz CT molecular complexity index is 252. The van der Waals surface area contributed by atoms with Crippen LogP contribution in [0.3, 0.4) is 0 Å². The van der Waals surface area contributed by atoms with Gasteiger partial charge in [0.2, 0.25) is 5.89 Å². The monoisotopic (exact) mass is 153 g/mol. The molecule has 0 radical (unpaired) electrons. The first-order chi connectivity index (χ1) is 5.24. The predicted octanol–water partition coefficient (Wildman–Crippen LogP) is 2.11. The number of aromatic nitrogens is 1. The molecule has 0 fully saturated rings. The van der Waals surface area contributed by atoms with Crippen LogP contribution >= 0.6 is 0 Å². The van der Waals surface area contributed by atoms with Crippen molar-refractivity contribution in [2.75, 3.05) is 6.61 Å². The van der Waals surface area contributed by atoms with Crippen LogP contribution in [-0.4, -0.2) is 11.6 Å². The molecule has 0 amide bonds. The Labute approximate surface area is 65.7 Å². The Hall–Kier alpha value is -1.25. The molecule has 3 nitrogen and oxygen atoms in total. The molecule has 0 N–H and O–H groups in total. The van der Waals surface area contributed by atoms with E-state index in [1.54, 1.807) is 6.20 Å². The maximum absolute atomic E-state index is 5.15. The molecule has 1 rings (SSSR count). The number of ether oxygens (including phenoxy) is 1. The standard InChI is InChI=1S/C8H11NO2/c1-4-10-7-5-9-8(11-7)6(2)3/h5H,2,4H2,1,3H3. The third kappa shape index (κ3) is 1.83. The van der Waals surface area contributed by atoms with Crippen LogP contribution in [0.1, 0.15) is 19.7 Å². The smallest absolute Gasteiger partial charge is 0.305 e. The van der Waals surface area contributed by atoms with Gasteiger partial charge in [0.1, 0.15) is 6.20 Å². The molecule has 0 aromatic carbocycles. The second-order valence-electron chi connectivity index (χ2n) is 2.20. The highest BCUT2D eigenvalue weighted by atomic mass is 16.6. The van der Waals surface area contributed by atoms with Crippen LogP contribution in [0.2, 0.25) is 0 Å². The molecule has 0 spiro atoms. The number of hydrogen-bond acceptors (Lipinski definition) is 3. The van der Waals surface area contributed by atoms with Crippen LogP contribution in [0.4, 0.5) is 0 Å². The van der Waals surface area contributed by atoms with E-state index in [1.807, 2.05) is 13.8 Å². The molecule has 0 aliphatic heterocycles. The molecule has 0 saturated carbocycles. The van der Waals surface area contributed by atoms with Crippen molar-refractivity contribution < 1.29 is 9.15 Å². The van der Waals surface area contributed by atoms with Crippen LogP contribution in [0.5, 0.6) is 5.95 Å². The molecule has 0 atom stereocenters. The highest BCUT2D eigenvalue weighted by molar-refractivity contribution is 5.52. The van der Waals surface area contributed by atoms with Crippen molar-refractivity contribution in [3.63, 3.8) is 0 Å². The minimum absolute atomic E-state index is 0.450. The second kappa shape index (κ2) is 3.23. The maximum atomic E-state index is 5.15. The van der Waals surface area contributed by atoms with E-state index in [9.17, 15) is 0 Å². The fourth-order valence-electron chi connectivity index (χ4n) is 0.666. The first-order valence-corrected chi connectivity index (χ1v) is 3.48. The maximum Gasteiger partial charge on any atom is 0.305 e. The van der Waals surface area contributed by atoms with Crippen molar-refractivity contribution in [3.05, 3.63) is 18.7 Å². The van der Waals surface area contributed by atoms with Gasteiger partial charge in [0.15, 0.2) is 0 Å². The number of hydrogen-bond donors (Lipinski definition) is 0. The summed E-state index contributed by atoms with van der Waals surface area (Å²) in [6.45, 7) is 8.00. The van der Waals surface area contributed by atoms with Crippen molar-refractivity contribution in [1.82, 2.24) is 4.98 Å². The summed E-state index contributed by atoms with van der Waals surface area (Å²) in [5.74, 6) is 0.985. The SMILES string of the molecule is C=C(C)c1ncc(OCC)o1. The zero-order valence-electron chi connectivity index (χ0n) is 6.76. The summed E-state index contributed by atoms with van der Waals surface area (Å²) < 4.78 is 10.2.